The Morgan fingerprint density at radius 3 is 1.96 bits per heavy atom. The summed E-state index contributed by atoms with van der Waals surface area (Å²) in [5.41, 5.74) is 0. The van der Waals surface area contributed by atoms with Crippen molar-refractivity contribution in [2.45, 2.75) is 39.0 Å². The van der Waals surface area contributed by atoms with Crippen molar-refractivity contribution < 1.29 is 4.57 Å². The number of nitrogens with zero attached hydrogens (tertiary/aromatic N) is 2. The summed E-state index contributed by atoms with van der Waals surface area (Å²) in [6, 6.07) is 22.0. The first-order valence-electron chi connectivity index (χ1n) is 8.79. The number of imidazole rings is 1. The Hall–Kier alpha value is -1.92. The van der Waals surface area contributed by atoms with Gasteiger partial charge in [0, 0.05) is 7.92 Å². The summed E-state index contributed by atoms with van der Waals surface area (Å²) in [5, 5.41) is 2.91. The normalized spacial score (nSPS) is 12.5. The number of benzene rings is 2. The van der Waals surface area contributed by atoms with Gasteiger partial charge in [-0.1, -0.05) is 74.0 Å². The molecule has 0 fully saturated rings. The van der Waals surface area contributed by atoms with Gasteiger partial charge in [-0.3, -0.25) is 0 Å². The lowest BCUT2D eigenvalue weighted by Crippen LogP contribution is -2.29. The van der Waals surface area contributed by atoms with Crippen molar-refractivity contribution in [2.75, 3.05) is 0 Å². The van der Waals surface area contributed by atoms with E-state index in [1.54, 1.807) is 0 Å². The Balaban J connectivity index is 2.07. The molecule has 0 saturated carbocycles. The van der Waals surface area contributed by atoms with Crippen molar-refractivity contribution in [2.24, 2.45) is 0 Å². The van der Waals surface area contributed by atoms with Crippen LogP contribution in [0.5, 0.6) is 0 Å². The minimum atomic E-state index is -0.439. The van der Waals surface area contributed by atoms with Crippen LogP contribution < -0.4 is 15.2 Å². The van der Waals surface area contributed by atoms with Crippen molar-refractivity contribution in [1.29, 1.82) is 0 Å². The molecular weight excluding hydrogens is 311 g/mol. The van der Waals surface area contributed by atoms with Crippen molar-refractivity contribution in [3.63, 3.8) is 0 Å². The summed E-state index contributed by atoms with van der Waals surface area (Å²) in [6.07, 6.45) is 9.07. The number of aryl methyl sites for hydroxylation is 1. The highest BCUT2D eigenvalue weighted by molar-refractivity contribution is 7.73. The molecule has 1 atom stereocenters. The predicted octanol–water partition coefficient (Wildman–Crippen LogP) is 4.23. The van der Waals surface area contributed by atoms with Crippen LogP contribution in [-0.4, -0.2) is 4.57 Å². The standard InChI is InChI=1S/C21H26N2P/c1-3-11-21(23-17-16-22(4-2)18-23)24(19-12-7-5-8-13-19)20-14-9-6-10-15-20/h5-10,12-18,21H,3-4,11H2,1-2H3/q+1. The lowest BCUT2D eigenvalue weighted by Gasteiger charge is -2.26. The van der Waals surface area contributed by atoms with Crippen molar-refractivity contribution in [3.05, 3.63) is 79.4 Å². The molecule has 0 amide bonds. The van der Waals surface area contributed by atoms with Gasteiger partial charge in [0.2, 0.25) is 6.33 Å². The Kier molecular flexibility index (Phi) is 5.82. The quantitative estimate of drug-likeness (QED) is 0.451. The first-order valence-corrected chi connectivity index (χ1v) is 10.2. The van der Waals surface area contributed by atoms with Gasteiger partial charge in [-0.25, -0.2) is 9.13 Å². The summed E-state index contributed by atoms with van der Waals surface area (Å²) < 4.78 is 4.69. The molecule has 0 aliphatic heterocycles. The number of aromatic nitrogens is 2. The SMILES string of the molecule is CCCC(n1cc[n+](CC)c1)P(c1ccccc1)c1ccccc1. The van der Waals surface area contributed by atoms with Gasteiger partial charge >= 0.3 is 0 Å². The van der Waals surface area contributed by atoms with Gasteiger partial charge in [0.25, 0.3) is 0 Å². The van der Waals surface area contributed by atoms with E-state index in [2.05, 4.69) is 102 Å². The van der Waals surface area contributed by atoms with Gasteiger partial charge < -0.3 is 0 Å². The Morgan fingerprint density at radius 1 is 0.917 bits per heavy atom. The Morgan fingerprint density at radius 2 is 1.50 bits per heavy atom. The van der Waals surface area contributed by atoms with E-state index in [0.29, 0.717) is 5.78 Å². The third-order valence-electron chi connectivity index (χ3n) is 4.33. The van der Waals surface area contributed by atoms with Crippen molar-refractivity contribution >= 4 is 18.5 Å². The molecule has 0 aliphatic carbocycles. The van der Waals surface area contributed by atoms with E-state index >= 15 is 0 Å². The van der Waals surface area contributed by atoms with E-state index in [1.165, 1.54) is 23.5 Å². The third kappa shape index (κ3) is 3.76. The van der Waals surface area contributed by atoms with Crippen LogP contribution in [0.2, 0.25) is 0 Å². The van der Waals surface area contributed by atoms with Crippen molar-refractivity contribution in [3.8, 4) is 0 Å². The number of hydrogen-bond donors (Lipinski definition) is 0. The van der Waals surface area contributed by atoms with Gasteiger partial charge in [0.15, 0.2) is 0 Å². The van der Waals surface area contributed by atoms with Crippen LogP contribution in [-0.2, 0) is 6.54 Å². The fourth-order valence-corrected chi connectivity index (χ4v) is 6.01. The fraction of sp³-hybridized carbons (Fsp3) is 0.286. The molecule has 3 aromatic rings. The first kappa shape index (κ1) is 16.9. The Bertz CT molecular complexity index is 697. The molecule has 1 heterocycles. The zero-order valence-corrected chi connectivity index (χ0v) is 15.4. The topological polar surface area (TPSA) is 8.81 Å². The van der Waals surface area contributed by atoms with Gasteiger partial charge in [-0.15, -0.1) is 0 Å². The molecule has 2 aromatic carbocycles. The molecule has 1 unspecified atom stereocenters. The fourth-order valence-electron chi connectivity index (χ4n) is 3.11. The molecule has 0 bridgehead atoms. The lowest BCUT2D eigenvalue weighted by atomic mass is 10.3. The minimum absolute atomic E-state index is 0.439. The average molecular weight is 337 g/mol. The molecular formula is C21H26N2P+. The second-order valence-corrected chi connectivity index (χ2v) is 8.37. The number of rotatable bonds is 7. The summed E-state index contributed by atoms with van der Waals surface area (Å²) in [5.74, 6) is 0.489. The van der Waals surface area contributed by atoms with Crippen LogP contribution in [0.15, 0.2) is 79.4 Å². The maximum atomic E-state index is 2.43. The van der Waals surface area contributed by atoms with Crippen LogP contribution in [0.1, 0.15) is 32.5 Å². The zero-order chi connectivity index (χ0) is 16.8. The molecule has 0 saturated heterocycles. The van der Waals surface area contributed by atoms with E-state index in [9.17, 15) is 0 Å². The van der Waals surface area contributed by atoms with Crippen LogP contribution in [0, 0.1) is 0 Å². The summed E-state index contributed by atoms with van der Waals surface area (Å²) in [7, 11) is -0.439. The smallest absolute Gasteiger partial charge is 0.237 e. The highest BCUT2D eigenvalue weighted by Gasteiger charge is 2.29. The second kappa shape index (κ2) is 8.26. The molecule has 3 rings (SSSR count). The van der Waals surface area contributed by atoms with E-state index in [0.717, 1.165) is 6.54 Å². The molecule has 2 nitrogen and oxygen atoms in total. The average Bonchev–Trinajstić information content (AvgIpc) is 3.12. The van der Waals surface area contributed by atoms with E-state index in [-0.39, 0.29) is 0 Å². The molecule has 0 N–H and O–H groups in total. The van der Waals surface area contributed by atoms with Crippen LogP contribution >= 0.6 is 7.92 Å². The summed E-state index contributed by atoms with van der Waals surface area (Å²) in [4.78, 5) is 0. The molecule has 1 aromatic heterocycles. The predicted molar refractivity (Wildman–Crippen MR) is 103 cm³/mol. The Labute approximate surface area is 146 Å². The van der Waals surface area contributed by atoms with E-state index in [4.69, 9.17) is 0 Å². The van der Waals surface area contributed by atoms with Gasteiger partial charge in [-0.2, -0.15) is 0 Å². The highest BCUT2D eigenvalue weighted by Crippen LogP contribution is 2.48. The summed E-state index contributed by atoms with van der Waals surface area (Å²) >= 11 is 0. The second-order valence-electron chi connectivity index (χ2n) is 6.00. The molecule has 3 heteroatoms. The summed E-state index contributed by atoms with van der Waals surface area (Å²) in [6.45, 7) is 5.49. The molecule has 24 heavy (non-hydrogen) atoms. The van der Waals surface area contributed by atoms with Gasteiger partial charge in [-0.05, 0) is 24.0 Å². The van der Waals surface area contributed by atoms with Crippen LogP contribution in [0.3, 0.4) is 0 Å². The van der Waals surface area contributed by atoms with Gasteiger partial charge in [0.05, 0.1) is 6.54 Å². The monoisotopic (exact) mass is 337 g/mol. The lowest BCUT2D eigenvalue weighted by molar-refractivity contribution is -0.693. The number of hydrogen-bond acceptors (Lipinski definition) is 0. The minimum Gasteiger partial charge on any atom is -0.237 e. The molecule has 124 valence electrons. The van der Waals surface area contributed by atoms with Crippen LogP contribution in [0.4, 0.5) is 0 Å². The largest absolute Gasteiger partial charge is 0.244 e. The van der Waals surface area contributed by atoms with Crippen LogP contribution in [0.25, 0.3) is 0 Å². The van der Waals surface area contributed by atoms with Crippen molar-refractivity contribution in [1.82, 2.24) is 4.57 Å². The van der Waals surface area contributed by atoms with E-state index in [1.807, 2.05) is 0 Å². The molecule has 0 aliphatic rings. The maximum Gasteiger partial charge on any atom is 0.244 e. The first-order chi connectivity index (χ1) is 11.8. The maximum absolute atomic E-state index is 2.43. The molecule has 0 radical (unpaired) electrons. The molecule has 0 spiro atoms. The van der Waals surface area contributed by atoms with Gasteiger partial charge in [0.1, 0.15) is 18.2 Å². The highest BCUT2D eigenvalue weighted by atomic mass is 31.1. The zero-order valence-electron chi connectivity index (χ0n) is 14.5. The van der Waals surface area contributed by atoms with E-state index < -0.39 is 7.92 Å². The third-order valence-corrected chi connectivity index (χ3v) is 7.16.